The molecule has 1 aliphatic rings. The molecule has 0 aromatic heterocycles. The number of nitrogens with two attached hydrogens (primary N) is 1. The van der Waals surface area contributed by atoms with Crippen LogP contribution in [0.3, 0.4) is 0 Å². The monoisotopic (exact) mass is 454 g/mol. The Hall–Kier alpha value is -2.54. The number of nitrogens with zero attached hydrogens (tertiary/aromatic N) is 1. The van der Waals surface area contributed by atoms with E-state index in [4.69, 9.17) is 26.8 Å². The Morgan fingerprint density at radius 1 is 1.32 bits per heavy atom. The number of halogens is 3. The normalized spacial score (nSPS) is 20.1. The molecule has 170 valence electrons. The largest absolute Gasteiger partial charge is 0.494 e. The molecule has 31 heavy (non-hydrogen) atoms. The fourth-order valence-corrected chi connectivity index (χ4v) is 3.37. The molecule has 0 bridgehead atoms. The summed E-state index contributed by atoms with van der Waals surface area (Å²) in [4.78, 5) is 14.1. The highest BCUT2D eigenvalue weighted by atomic mass is 35.5. The molecule has 0 saturated carbocycles. The van der Waals surface area contributed by atoms with Gasteiger partial charge in [0.25, 0.3) is 0 Å². The van der Waals surface area contributed by atoms with Crippen LogP contribution in [0, 0.1) is 17.6 Å². The number of hydrogen-bond acceptors (Lipinski definition) is 4. The molecule has 1 fully saturated rings. The van der Waals surface area contributed by atoms with Crippen LogP contribution in [0.25, 0.3) is 0 Å². The zero-order valence-electron chi connectivity index (χ0n) is 18.0. The third-order valence-electron chi connectivity index (χ3n) is 4.85. The summed E-state index contributed by atoms with van der Waals surface area (Å²) in [5.74, 6) is -1.77. The molecule has 2 rings (SSSR count). The van der Waals surface area contributed by atoms with Gasteiger partial charge in [0.2, 0.25) is 0 Å². The zero-order valence-corrected chi connectivity index (χ0v) is 18.8. The van der Waals surface area contributed by atoms with Crippen molar-refractivity contribution in [2.75, 3.05) is 19.7 Å². The third kappa shape index (κ3) is 7.58. The van der Waals surface area contributed by atoms with E-state index >= 15 is 0 Å². The Kier molecular flexibility index (Phi) is 8.51. The summed E-state index contributed by atoms with van der Waals surface area (Å²) in [6, 6.07) is 3.80. The van der Waals surface area contributed by atoms with Gasteiger partial charge in [-0.25, -0.2) is 13.6 Å². The van der Waals surface area contributed by atoms with Crippen LogP contribution in [-0.2, 0) is 9.47 Å². The van der Waals surface area contributed by atoms with Gasteiger partial charge in [-0.2, -0.15) is 0 Å². The Balaban J connectivity index is 2.16. The lowest BCUT2D eigenvalue weighted by Gasteiger charge is -2.39. The summed E-state index contributed by atoms with van der Waals surface area (Å²) in [6.07, 6.45) is 4.56. The van der Waals surface area contributed by atoms with E-state index < -0.39 is 23.3 Å². The molecule has 1 amide bonds. The van der Waals surface area contributed by atoms with Crippen molar-refractivity contribution in [1.29, 1.82) is 0 Å². The molecular formula is C23H29ClF2N2O3. The molecular weight excluding hydrogens is 426 g/mol. The minimum Gasteiger partial charge on any atom is -0.494 e. The van der Waals surface area contributed by atoms with Crippen LogP contribution in [-0.4, -0.2) is 36.3 Å². The van der Waals surface area contributed by atoms with Crippen LogP contribution < -0.4 is 5.73 Å². The van der Waals surface area contributed by atoms with Crippen LogP contribution in [0.5, 0.6) is 0 Å². The van der Waals surface area contributed by atoms with Gasteiger partial charge in [-0.3, -0.25) is 0 Å². The number of hydrogen-bond donors (Lipinski definition) is 1. The predicted molar refractivity (Wildman–Crippen MR) is 117 cm³/mol. The number of carbonyl (C=O) groups excluding carboxylic acids is 1. The zero-order chi connectivity index (χ0) is 23.2. The second kappa shape index (κ2) is 10.7. The van der Waals surface area contributed by atoms with Crippen LogP contribution in [0.4, 0.5) is 13.6 Å². The average molecular weight is 455 g/mol. The molecule has 2 N–H and O–H groups in total. The summed E-state index contributed by atoms with van der Waals surface area (Å²) < 4.78 is 38.6. The molecule has 0 aliphatic carbocycles. The van der Waals surface area contributed by atoms with Crippen molar-refractivity contribution in [2.45, 2.75) is 38.7 Å². The summed E-state index contributed by atoms with van der Waals surface area (Å²) in [6.45, 7) is 10.3. The third-order valence-corrected chi connectivity index (χ3v) is 5.10. The van der Waals surface area contributed by atoms with Crippen LogP contribution in [0.1, 0.15) is 38.7 Å². The number of benzene rings is 1. The first-order valence-corrected chi connectivity index (χ1v) is 10.4. The van der Waals surface area contributed by atoms with Gasteiger partial charge in [-0.15, -0.1) is 0 Å². The lowest BCUT2D eigenvalue weighted by atomic mass is 9.81. The van der Waals surface area contributed by atoms with Crippen molar-refractivity contribution in [1.82, 2.24) is 4.90 Å². The van der Waals surface area contributed by atoms with Gasteiger partial charge in [-0.05, 0) is 57.0 Å². The molecule has 5 nitrogen and oxygen atoms in total. The van der Waals surface area contributed by atoms with Crippen LogP contribution >= 0.6 is 11.6 Å². The van der Waals surface area contributed by atoms with Gasteiger partial charge in [0.1, 0.15) is 11.4 Å². The Bertz CT molecular complexity index is 865. The van der Waals surface area contributed by atoms with E-state index in [1.165, 1.54) is 18.3 Å². The molecule has 2 atom stereocenters. The fourth-order valence-electron chi connectivity index (χ4n) is 3.30. The van der Waals surface area contributed by atoms with Crippen LogP contribution in [0.15, 0.2) is 53.9 Å². The predicted octanol–water partition coefficient (Wildman–Crippen LogP) is 5.43. The topological polar surface area (TPSA) is 64.8 Å². The average Bonchev–Trinajstić information content (AvgIpc) is 2.71. The highest BCUT2D eigenvalue weighted by Gasteiger charge is 2.35. The van der Waals surface area contributed by atoms with E-state index in [9.17, 15) is 13.6 Å². The van der Waals surface area contributed by atoms with E-state index in [1.54, 1.807) is 37.8 Å². The molecule has 0 unspecified atom stereocenters. The number of carbonyl (C=O) groups is 1. The molecule has 1 saturated heterocycles. The minimum absolute atomic E-state index is 0.0470. The maximum Gasteiger partial charge on any atom is 0.410 e. The van der Waals surface area contributed by atoms with E-state index in [-0.39, 0.29) is 11.8 Å². The Morgan fingerprint density at radius 2 is 2.03 bits per heavy atom. The smallest absolute Gasteiger partial charge is 0.410 e. The van der Waals surface area contributed by atoms with Crippen molar-refractivity contribution in [3.05, 3.63) is 71.1 Å². The summed E-state index contributed by atoms with van der Waals surface area (Å²) >= 11 is 5.82. The lowest BCUT2D eigenvalue weighted by molar-refractivity contribution is 0.0111. The first-order chi connectivity index (χ1) is 14.5. The van der Waals surface area contributed by atoms with E-state index in [2.05, 4.69) is 6.58 Å². The summed E-state index contributed by atoms with van der Waals surface area (Å²) in [7, 11) is 0. The molecule has 1 aliphatic heterocycles. The fraction of sp³-hybridized carbons (Fsp3) is 0.435. The molecule has 8 heteroatoms. The maximum atomic E-state index is 13.9. The number of allylic oxidation sites excluding steroid dienone is 3. The number of likely N-dealkylation sites (tertiary alicyclic amines) is 1. The quantitative estimate of drug-likeness (QED) is 0.459. The van der Waals surface area contributed by atoms with Crippen LogP contribution in [0.2, 0.25) is 0 Å². The SMILES string of the molecule is C=C(/C=C\C(Cl)=C/N)OC[C@H]1CCN(C(=O)OC(C)(C)C)C[C@@H]1c1ccc(F)c(F)c1. The number of piperidine rings is 1. The standard InChI is InChI=1S/C23H29ClF2N2O3/c1-15(5-7-18(24)12-27)30-14-17-9-10-28(22(29)31-23(2,3)4)13-19(17)16-6-8-20(25)21(26)11-16/h5-8,11-12,17,19H,1,9-10,13-14,27H2,2-4H3/b7-5-,18-12+/t17-,19-/m1/s1. The van der Waals surface area contributed by atoms with Gasteiger partial charge in [-0.1, -0.05) is 24.2 Å². The number of rotatable bonds is 6. The Labute approximate surface area is 187 Å². The van der Waals surface area contributed by atoms with Crippen molar-refractivity contribution in [3.8, 4) is 0 Å². The number of ether oxygens (including phenoxy) is 2. The van der Waals surface area contributed by atoms with Crippen molar-refractivity contribution in [2.24, 2.45) is 11.7 Å². The van der Waals surface area contributed by atoms with E-state index in [0.29, 0.717) is 42.5 Å². The Morgan fingerprint density at radius 3 is 2.65 bits per heavy atom. The molecule has 1 aromatic carbocycles. The lowest BCUT2D eigenvalue weighted by Crippen LogP contribution is -2.46. The summed E-state index contributed by atoms with van der Waals surface area (Å²) in [5, 5.41) is 0.343. The van der Waals surface area contributed by atoms with Crippen molar-refractivity contribution >= 4 is 17.7 Å². The van der Waals surface area contributed by atoms with Gasteiger partial charge in [0.15, 0.2) is 11.6 Å². The second-order valence-electron chi connectivity index (χ2n) is 8.42. The molecule has 1 heterocycles. The van der Waals surface area contributed by atoms with E-state index in [0.717, 1.165) is 6.07 Å². The summed E-state index contributed by atoms with van der Waals surface area (Å²) in [5.41, 5.74) is 5.28. The highest BCUT2D eigenvalue weighted by molar-refractivity contribution is 6.31. The minimum atomic E-state index is -0.929. The maximum absolute atomic E-state index is 13.9. The number of amides is 1. The van der Waals surface area contributed by atoms with Gasteiger partial charge in [0.05, 0.1) is 11.6 Å². The van der Waals surface area contributed by atoms with E-state index in [1.807, 2.05) is 0 Å². The first kappa shape index (κ1) is 24.7. The van der Waals surface area contributed by atoms with Gasteiger partial charge >= 0.3 is 6.09 Å². The van der Waals surface area contributed by atoms with Crippen molar-refractivity contribution < 1.29 is 23.0 Å². The molecule has 0 spiro atoms. The first-order valence-electron chi connectivity index (χ1n) is 10.00. The second-order valence-corrected chi connectivity index (χ2v) is 8.85. The van der Waals surface area contributed by atoms with Crippen molar-refractivity contribution in [3.63, 3.8) is 0 Å². The molecule has 0 radical (unpaired) electrons. The highest BCUT2D eigenvalue weighted by Crippen LogP contribution is 2.34. The molecule has 1 aromatic rings. The van der Waals surface area contributed by atoms with Gasteiger partial charge in [0, 0.05) is 31.1 Å². The van der Waals surface area contributed by atoms with Gasteiger partial charge < -0.3 is 20.1 Å².